The first-order chi connectivity index (χ1) is 11.4. The lowest BCUT2D eigenvalue weighted by atomic mass is 9.78. The second-order valence-corrected chi connectivity index (χ2v) is 5.67. The molecule has 6 heteroatoms. The molecule has 2 N–H and O–H groups in total. The fraction of sp³-hybridized carbons (Fsp3) is 0.333. The van der Waals surface area contributed by atoms with Gasteiger partial charge in [0.1, 0.15) is 0 Å². The van der Waals surface area contributed by atoms with Gasteiger partial charge in [-0.2, -0.15) is 5.90 Å². The second-order valence-electron chi connectivity index (χ2n) is 5.67. The van der Waals surface area contributed by atoms with E-state index in [1.165, 1.54) is 7.11 Å². The van der Waals surface area contributed by atoms with Crippen LogP contribution in [0.25, 0.3) is 0 Å². The Morgan fingerprint density at radius 1 is 1.17 bits per heavy atom. The summed E-state index contributed by atoms with van der Waals surface area (Å²) < 4.78 is 4.82. The molecule has 0 amide bonds. The van der Waals surface area contributed by atoms with E-state index >= 15 is 0 Å². The van der Waals surface area contributed by atoms with Crippen LogP contribution in [-0.4, -0.2) is 31.0 Å². The number of rotatable bonds is 4. The summed E-state index contributed by atoms with van der Waals surface area (Å²) in [6.45, 7) is 3.75. The van der Waals surface area contributed by atoms with Gasteiger partial charge in [-0.05, 0) is 25.0 Å². The third kappa shape index (κ3) is 3.19. The number of benzene rings is 1. The molecule has 0 bridgehead atoms. The van der Waals surface area contributed by atoms with Gasteiger partial charge in [-0.3, -0.25) is 4.79 Å². The summed E-state index contributed by atoms with van der Waals surface area (Å²) >= 11 is 0. The standard InChI is InChI=1S/C18H22N2O4/c1-11-14(10-15(21)23-4)17(13-8-6-5-7-9-13)16(18(22)24-19)12(2)20(11)3/h5-9,17H,10,19H2,1-4H3. The Morgan fingerprint density at radius 3 is 2.33 bits per heavy atom. The summed E-state index contributed by atoms with van der Waals surface area (Å²) in [4.78, 5) is 30.6. The normalized spacial score (nSPS) is 17.9. The maximum atomic E-state index is 12.3. The van der Waals surface area contributed by atoms with Gasteiger partial charge in [0, 0.05) is 24.4 Å². The van der Waals surface area contributed by atoms with Gasteiger partial charge in [0.2, 0.25) is 0 Å². The number of carbonyl (C=O) groups is 2. The molecule has 1 heterocycles. The Kier molecular flexibility index (Phi) is 5.41. The zero-order valence-corrected chi connectivity index (χ0v) is 14.3. The molecule has 1 aromatic carbocycles. The molecular weight excluding hydrogens is 308 g/mol. The molecule has 6 nitrogen and oxygen atoms in total. The highest BCUT2D eigenvalue weighted by Gasteiger charge is 2.36. The van der Waals surface area contributed by atoms with Crippen LogP contribution in [0.1, 0.15) is 31.7 Å². The van der Waals surface area contributed by atoms with E-state index < -0.39 is 11.9 Å². The van der Waals surface area contributed by atoms with Gasteiger partial charge in [0.05, 0.1) is 19.1 Å². The van der Waals surface area contributed by atoms with Gasteiger partial charge in [-0.1, -0.05) is 30.3 Å². The number of hydrogen-bond donors (Lipinski definition) is 1. The average Bonchev–Trinajstić information content (AvgIpc) is 2.61. The van der Waals surface area contributed by atoms with E-state index in [1.54, 1.807) is 0 Å². The molecule has 1 aliphatic heterocycles. The number of carbonyl (C=O) groups excluding carboxylic acids is 2. The zero-order chi connectivity index (χ0) is 17.9. The molecule has 0 radical (unpaired) electrons. The molecule has 0 aromatic heterocycles. The van der Waals surface area contributed by atoms with E-state index in [-0.39, 0.29) is 12.4 Å². The number of ether oxygens (including phenoxy) is 1. The Bertz CT molecular complexity index is 707. The van der Waals surface area contributed by atoms with Crippen molar-refractivity contribution in [2.24, 2.45) is 5.90 Å². The molecule has 2 rings (SSSR count). The van der Waals surface area contributed by atoms with Crippen molar-refractivity contribution < 1.29 is 19.2 Å². The first kappa shape index (κ1) is 17.7. The van der Waals surface area contributed by atoms with Gasteiger partial charge in [0.25, 0.3) is 0 Å². The lowest BCUT2D eigenvalue weighted by Crippen LogP contribution is -2.32. The third-order valence-corrected chi connectivity index (χ3v) is 4.52. The van der Waals surface area contributed by atoms with E-state index in [4.69, 9.17) is 10.6 Å². The van der Waals surface area contributed by atoms with E-state index in [2.05, 4.69) is 4.84 Å². The topological polar surface area (TPSA) is 81.9 Å². The number of nitrogens with zero attached hydrogens (tertiary/aromatic N) is 1. The number of hydrogen-bond acceptors (Lipinski definition) is 6. The zero-order valence-electron chi connectivity index (χ0n) is 14.3. The van der Waals surface area contributed by atoms with Crippen molar-refractivity contribution in [3.8, 4) is 0 Å². The van der Waals surface area contributed by atoms with Crippen LogP contribution in [0.5, 0.6) is 0 Å². The first-order valence-corrected chi connectivity index (χ1v) is 7.59. The molecule has 1 aliphatic rings. The van der Waals surface area contributed by atoms with Gasteiger partial charge in [0.15, 0.2) is 0 Å². The molecule has 128 valence electrons. The highest BCUT2D eigenvalue weighted by molar-refractivity contribution is 5.93. The molecule has 0 fully saturated rings. The van der Waals surface area contributed by atoms with Crippen LogP contribution in [0.3, 0.4) is 0 Å². The molecular formula is C18H22N2O4. The number of methoxy groups -OCH3 is 1. The predicted octanol–water partition coefficient (Wildman–Crippen LogP) is 2.24. The monoisotopic (exact) mass is 330 g/mol. The molecule has 24 heavy (non-hydrogen) atoms. The molecule has 1 atom stereocenters. The fourth-order valence-corrected chi connectivity index (χ4v) is 3.04. The van der Waals surface area contributed by atoms with Crippen LogP contribution in [-0.2, 0) is 19.2 Å². The smallest absolute Gasteiger partial charge is 0.355 e. The molecule has 0 aliphatic carbocycles. The van der Waals surface area contributed by atoms with Crippen molar-refractivity contribution in [1.82, 2.24) is 4.90 Å². The van der Waals surface area contributed by atoms with Crippen molar-refractivity contribution in [2.45, 2.75) is 26.2 Å². The highest BCUT2D eigenvalue weighted by Crippen LogP contribution is 2.42. The average molecular weight is 330 g/mol. The number of esters is 1. The second kappa shape index (κ2) is 7.31. The summed E-state index contributed by atoms with van der Waals surface area (Å²) in [5.74, 6) is 3.77. The maximum Gasteiger partial charge on any atom is 0.355 e. The van der Waals surface area contributed by atoms with Crippen LogP contribution in [0.15, 0.2) is 52.9 Å². The van der Waals surface area contributed by atoms with Crippen molar-refractivity contribution in [3.05, 3.63) is 58.4 Å². The summed E-state index contributed by atoms with van der Waals surface area (Å²) in [7, 11) is 3.19. The van der Waals surface area contributed by atoms with E-state index in [0.717, 1.165) is 22.5 Å². The third-order valence-electron chi connectivity index (χ3n) is 4.52. The minimum Gasteiger partial charge on any atom is -0.469 e. The quantitative estimate of drug-likeness (QED) is 0.673. The Morgan fingerprint density at radius 2 is 1.79 bits per heavy atom. The molecule has 1 aromatic rings. The SMILES string of the molecule is COC(=O)CC1=C(C)N(C)C(C)=C(C(=O)ON)C1c1ccccc1. The molecule has 0 spiro atoms. The fourth-order valence-electron chi connectivity index (χ4n) is 3.04. The number of nitrogens with two attached hydrogens (primary N) is 1. The van der Waals surface area contributed by atoms with Crippen LogP contribution >= 0.6 is 0 Å². The molecule has 1 unspecified atom stereocenters. The number of allylic oxidation sites excluding steroid dienone is 2. The summed E-state index contributed by atoms with van der Waals surface area (Å²) in [6.07, 6.45) is 0.0842. The van der Waals surface area contributed by atoms with Crippen LogP contribution in [0.4, 0.5) is 0 Å². The van der Waals surface area contributed by atoms with Gasteiger partial charge in [-0.25, -0.2) is 4.79 Å². The van der Waals surface area contributed by atoms with E-state index in [1.807, 2.05) is 56.1 Å². The van der Waals surface area contributed by atoms with E-state index in [0.29, 0.717) is 5.57 Å². The van der Waals surface area contributed by atoms with Crippen molar-refractivity contribution >= 4 is 11.9 Å². The minimum absolute atomic E-state index is 0.0842. The predicted molar refractivity (Wildman–Crippen MR) is 89.3 cm³/mol. The first-order valence-electron chi connectivity index (χ1n) is 7.59. The minimum atomic E-state index is -0.608. The summed E-state index contributed by atoms with van der Waals surface area (Å²) in [5, 5.41) is 0. The Labute approximate surface area is 141 Å². The molecule has 0 saturated heterocycles. The van der Waals surface area contributed by atoms with Crippen molar-refractivity contribution in [2.75, 3.05) is 14.2 Å². The van der Waals surface area contributed by atoms with Gasteiger partial charge in [-0.15, -0.1) is 0 Å². The lowest BCUT2D eigenvalue weighted by molar-refractivity contribution is -0.141. The van der Waals surface area contributed by atoms with E-state index in [9.17, 15) is 9.59 Å². The summed E-state index contributed by atoms with van der Waals surface area (Å²) in [5.41, 5.74) is 3.76. The highest BCUT2D eigenvalue weighted by atomic mass is 16.7. The van der Waals surface area contributed by atoms with Crippen LogP contribution < -0.4 is 5.90 Å². The Balaban J connectivity index is 2.65. The van der Waals surface area contributed by atoms with Crippen LogP contribution in [0, 0.1) is 0 Å². The Hall–Kier alpha value is -2.60. The van der Waals surface area contributed by atoms with Crippen LogP contribution in [0.2, 0.25) is 0 Å². The maximum absolute atomic E-state index is 12.3. The van der Waals surface area contributed by atoms with Crippen molar-refractivity contribution in [1.29, 1.82) is 0 Å². The van der Waals surface area contributed by atoms with Gasteiger partial charge >= 0.3 is 11.9 Å². The van der Waals surface area contributed by atoms with Crippen molar-refractivity contribution in [3.63, 3.8) is 0 Å². The van der Waals surface area contributed by atoms with Gasteiger partial charge < -0.3 is 14.5 Å². The largest absolute Gasteiger partial charge is 0.469 e. The molecule has 0 saturated carbocycles. The lowest BCUT2D eigenvalue weighted by Gasteiger charge is -2.36. The summed E-state index contributed by atoms with van der Waals surface area (Å²) in [6, 6.07) is 9.50.